The number of hydrogen-bond donors (Lipinski definition) is 1. The lowest BCUT2D eigenvalue weighted by molar-refractivity contribution is -0.195. The second-order valence-corrected chi connectivity index (χ2v) is 6.03. The summed E-state index contributed by atoms with van der Waals surface area (Å²) in [6.07, 6.45) is 1.51. The predicted octanol–water partition coefficient (Wildman–Crippen LogP) is 4.17. The molecule has 3 aromatic rings. The third-order valence-corrected chi connectivity index (χ3v) is 4.29. The molecule has 1 heterocycles. The Kier molecular flexibility index (Phi) is 5.57. The predicted molar refractivity (Wildman–Crippen MR) is 92.7 cm³/mol. The fraction of sp³-hybridized carbons (Fsp3) is 0.0625. The normalized spacial score (nSPS) is 10.9. The van der Waals surface area contributed by atoms with Crippen LogP contribution in [-0.4, -0.2) is 16.9 Å². The van der Waals surface area contributed by atoms with Gasteiger partial charge >= 0.3 is 0 Å². The van der Waals surface area contributed by atoms with E-state index >= 15 is 0 Å². The van der Waals surface area contributed by atoms with Gasteiger partial charge in [-0.15, -0.1) is 9.32 Å². The van der Waals surface area contributed by atoms with Crippen LogP contribution in [0.25, 0.3) is 16.9 Å². The van der Waals surface area contributed by atoms with Gasteiger partial charge in [0.2, 0.25) is 0 Å². The van der Waals surface area contributed by atoms with Crippen molar-refractivity contribution >= 4 is 23.6 Å². The zero-order valence-electron chi connectivity index (χ0n) is 13.0. The lowest BCUT2D eigenvalue weighted by Crippen LogP contribution is -2.00. The van der Waals surface area contributed by atoms with Crippen molar-refractivity contribution in [2.24, 2.45) is 5.90 Å². The van der Waals surface area contributed by atoms with Crippen molar-refractivity contribution in [3.05, 3.63) is 59.5 Å². The van der Waals surface area contributed by atoms with Gasteiger partial charge in [0, 0.05) is 10.5 Å². The van der Waals surface area contributed by atoms with E-state index < -0.39 is 5.82 Å². The smallest absolute Gasteiger partial charge is 0.165 e. The Morgan fingerprint density at radius 1 is 1.20 bits per heavy atom. The van der Waals surface area contributed by atoms with Gasteiger partial charge < -0.3 is 4.74 Å². The van der Waals surface area contributed by atoms with Gasteiger partial charge in [0.1, 0.15) is 0 Å². The standard InChI is InChI=1S/C16H13ClFN3O3S/c1-22-15-7-2-10(8-14(15)18)16-13(17)9-20-21(16)11-3-5-12(6-4-11)25-24-23-19/h2-9H,19H2,1H3. The van der Waals surface area contributed by atoms with Crippen LogP contribution in [0.1, 0.15) is 0 Å². The summed E-state index contributed by atoms with van der Waals surface area (Å²) in [5.74, 6) is 4.49. The Balaban J connectivity index is 1.98. The van der Waals surface area contributed by atoms with E-state index in [0.29, 0.717) is 16.3 Å². The molecule has 6 nitrogen and oxygen atoms in total. The fourth-order valence-electron chi connectivity index (χ4n) is 2.30. The van der Waals surface area contributed by atoms with Crippen LogP contribution in [0.15, 0.2) is 53.6 Å². The van der Waals surface area contributed by atoms with E-state index in [1.54, 1.807) is 28.9 Å². The minimum atomic E-state index is -0.477. The van der Waals surface area contributed by atoms with E-state index in [9.17, 15) is 4.39 Å². The second-order valence-electron chi connectivity index (χ2n) is 4.84. The van der Waals surface area contributed by atoms with Gasteiger partial charge in [-0.2, -0.15) is 11.0 Å². The molecule has 0 saturated carbocycles. The molecule has 0 amide bonds. The molecule has 0 fully saturated rings. The highest BCUT2D eigenvalue weighted by Crippen LogP contribution is 2.33. The number of nitrogens with zero attached hydrogens (tertiary/aromatic N) is 2. The van der Waals surface area contributed by atoms with Gasteiger partial charge in [-0.1, -0.05) is 11.6 Å². The number of hydrogen-bond acceptors (Lipinski definition) is 6. The van der Waals surface area contributed by atoms with Crippen LogP contribution in [0.5, 0.6) is 5.75 Å². The quantitative estimate of drug-likeness (QED) is 0.392. The van der Waals surface area contributed by atoms with Crippen molar-refractivity contribution in [1.29, 1.82) is 0 Å². The van der Waals surface area contributed by atoms with Crippen LogP contribution in [0.3, 0.4) is 0 Å². The molecule has 0 aliphatic heterocycles. The first-order valence-corrected chi connectivity index (χ1v) is 8.14. The summed E-state index contributed by atoms with van der Waals surface area (Å²) < 4.78 is 25.2. The number of benzene rings is 2. The molecule has 0 spiro atoms. The topological polar surface area (TPSA) is 71.5 Å². The van der Waals surface area contributed by atoms with Crippen molar-refractivity contribution in [1.82, 2.24) is 9.78 Å². The first-order valence-electron chi connectivity index (χ1n) is 7.02. The maximum absolute atomic E-state index is 14.0. The molecule has 0 aliphatic carbocycles. The largest absolute Gasteiger partial charge is 0.494 e. The molecule has 0 bridgehead atoms. The van der Waals surface area contributed by atoms with E-state index in [0.717, 1.165) is 22.6 Å². The summed E-state index contributed by atoms with van der Waals surface area (Å²) in [6, 6.07) is 11.8. The zero-order chi connectivity index (χ0) is 17.8. The van der Waals surface area contributed by atoms with E-state index in [1.807, 2.05) is 12.1 Å². The number of halogens is 2. The summed E-state index contributed by atoms with van der Waals surface area (Å²) in [5.41, 5.74) is 1.90. The average molecular weight is 382 g/mol. The fourth-order valence-corrected chi connectivity index (χ4v) is 2.90. The Hall–Kier alpha value is -2.10. The summed E-state index contributed by atoms with van der Waals surface area (Å²) in [6.45, 7) is 0. The summed E-state index contributed by atoms with van der Waals surface area (Å²) >= 11 is 7.23. The summed E-state index contributed by atoms with van der Waals surface area (Å²) in [5, 5.41) is 4.68. The zero-order valence-corrected chi connectivity index (χ0v) is 14.6. The second kappa shape index (κ2) is 7.85. The molecule has 9 heteroatoms. The molecule has 2 aromatic carbocycles. The van der Waals surface area contributed by atoms with Gasteiger partial charge in [0.25, 0.3) is 0 Å². The molecule has 0 radical (unpaired) electrons. The average Bonchev–Trinajstić information content (AvgIpc) is 3.02. The number of aromatic nitrogens is 2. The van der Waals surface area contributed by atoms with E-state index in [2.05, 4.69) is 14.4 Å². The number of methoxy groups -OCH3 is 1. The Morgan fingerprint density at radius 2 is 1.96 bits per heavy atom. The van der Waals surface area contributed by atoms with Gasteiger partial charge in [0.15, 0.2) is 11.6 Å². The third-order valence-electron chi connectivity index (χ3n) is 3.40. The number of ether oxygens (including phenoxy) is 1. The highest BCUT2D eigenvalue weighted by Gasteiger charge is 2.15. The third kappa shape index (κ3) is 3.78. The molecule has 3 rings (SSSR count). The van der Waals surface area contributed by atoms with Gasteiger partial charge in [-0.05, 0) is 42.5 Å². The Morgan fingerprint density at radius 3 is 2.60 bits per heavy atom. The maximum Gasteiger partial charge on any atom is 0.165 e. The highest BCUT2D eigenvalue weighted by molar-refractivity contribution is 7.94. The molecule has 0 aliphatic rings. The molecule has 130 valence electrons. The Bertz CT molecular complexity index is 874. The van der Waals surface area contributed by atoms with Crippen LogP contribution >= 0.6 is 23.6 Å². The van der Waals surface area contributed by atoms with E-state index in [1.165, 1.54) is 19.4 Å². The number of rotatable bonds is 6. The van der Waals surface area contributed by atoms with Gasteiger partial charge in [0.05, 0.1) is 41.8 Å². The van der Waals surface area contributed by atoms with E-state index in [4.69, 9.17) is 22.2 Å². The molecule has 0 saturated heterocycles. The van der Waals surface area contributed by atoms with Crippen molar-refractivity contribution in [2.75, 3.05) is 7.11 Å². The molecular weight excluding hydrogens is 369 g/mol. The van der Waals surface area contributed by atoms with Gasteiger partial charge in [-0.3, -0.25) is 0 Å². The van der Waals surface area contributed by atoms with Crippen molar-refractivity contribution < 1.29 is 18.4 Å². The lowest BCUT2D eigenvalue weighted by atomic mass is 10.1. The van der Waals surface area contributed by atoms with Crippen LogP contribution in [-0.2, 0) is 9.32 Å². The first kappa shape index (κ1) is 17.7. The van der Waals surface area contributed by atoms with Crippen LogP contribution < -0.4 is 10.6 Å². The van der Waals surface area contributed by atoms with Crippen molar-refractivity contribution in [3.8, 4) is 22.7 Å². The maximum atomic E-state index is 14.0. The molecule has 25 heavy (non-hydrogen) atoms. The summed E-state index contributed by atoms with van der Waals surface area (Å²) in [4.78, 5) is 4.84. The molecule has 0 atom stereocenters. The van der Waals surface area contributed by atoms with Crippen LogP contribution in [0.2, 0.25) is 5.02 Å². The molecular formula is C16H13ClFN3O3S. The SMILES string of the molecule is COc1ccc(-c2c(Cl)cnn2-c2ccc(SOON)cc2)cc1F. The minimum Gasteiger partial charge on any atom is -0.494 e. The highest BCUT2D eigenvalue weighted by atomic mass is 35.5. The molecule has 0 unspecified atom stereocenters. The monoisotopic (exact) mass is 381 g/mol. The van der Waals surface area contributed by atoms with Crippen LogP contribution in [0.4, 0.5) is 4.39 Å². The minimum absolute atomic E-state index is 0.162. The van der Waals surface area contributed by atoms with E-state index in [-0.39, 0.29) is 5.75 Å². The molecule has 2 N–H and O–H groups in total. The molecule has 1 aromatic heterocycles. The van der Waals surface area contributed by atoms with Gasteiger partial charge in [-0.25, -0.2) is 9.07 Å². The lowest BCUT2D eigenvalue weighted by Gasteiger charge is -2.10. The van der Waals surface area contributed by atoms with Crippen molar-refractivity contribution in [3.63, 3.8) is 0 Å². The summed E-state index contributed by atoms with van der Waals surface area (Å²) in [7, 11) is 1.41. The van der Waals surface area contributed by atoms with Crippen molar-refractivity contribution in [2.45, 2.75) is 4.90 Å². The number of nitrogens with two attached hydrogens (primary N) is 1. The first-order chi connectivity index (χ1) is 12.1. The van der Waals surface area contributed by atoms with Crippen LogP contribution in [0, 0.1) is 5.82 Å². The Labute approximate surface area is 152 Å².